The Morgan fingerprint density at radius 2 is 2.00 bits per heavy atom. The first-order valence-electron chi connectivity index (χ1n) is 9.96. The fourth-order valence-electron chi connectivity index (χ4n) is 4.25. The van der Waals surface area contributed by atoms with Gasteiger partial charge in [-0.25, -0.2) is 14.8 Å². The normalized spacial score (nSPS) is 19.9. The second-order valence-corrected chi connectivity index (χ2v) is 7.40. The largest absolute Gasteiger partial charge is 0.489 e. The number of anilines is 1. The standard InChI is InChI=1S/C19H24N6O4/c1-2-27-18(26)24-6-4-19(5-7-24)23-16(20)22-17-21-12-10-14-15(11-13(12)25(17)19)29-9-3-8-28-14/h10-11H,2-9H2,1H3,(H3,20,21,22,23). The van der Waals surface area contributed by atoms with Gasteiger partial charge in [-0.3, -0.25) is 9.88 Å². The zero-order valence-electron chi connectivity index (χ0n) is 16.3. The van der Waals surface area contributed by atoms with Crippen molar-refractivity contribution in [1.29, 1.82) is 0 Å². The van der Waals surface area contributed by atoms with Crippen LogP contribution >= 0.6 is 0 Å². The van der Waals surface area contributed by atoms with Gasteiger partial charge in [0.2, 0.25) is 5.95 Å². The highest BCUT2D eigenvalue weighted by molar-refractivity contribution is 5.95. The fourth-order valence-corrected chi connectivity index (χ4v) is 4.25. The monoisotopic (exact) mass is 400 g/mol. The minimum Gasteiger partial charge on any atom is -0.489 e. The molecule has 0 radical (unpaired) electrons. The smallest absolute Gasteiger partial charge is 0.409 e. The molecule has 29 heavy (non-hydrogen) atoms. The van der Waals surface area contributed by atoms with Crippen LogP contribution in [0.15, 0.2) is 17.1 Å². The highest BCUT2D eigenvalue weighted by Crippen LogP contribution is 2.43. The number of rotatable bonds is 1. The number of amides is 1. The Morgan fingerprint density at radius 1 is 1.28 bits per heavy atom. The van der Waals surface area contributed by atoms with Crippen LogP contribution in [0.2, 0.25) is 0 Å². The molecule has 2 aromatic rings. The first-order valence-corrected chi connectivity index (χ1v) is 9.96. The van der Waals surface area contributed by atoms with E-state index in [1.807, 2.05) is 12.1 Å². The number of nitrogens with two attached hydrogens (primary N) is 1. The van der Waals surface area contributed by atoms with Crippen LogP contribution in [-0.2, 0) is 10.4 Å². The molecule has 4 heterocycles. The number of nitrogens with one attached hydrogen (secondary N) is 1. The van der Waals surface area contributed by atoms with E-state index in [1.54, 1.807) is 11.8 Å². The Hall–Kier alpha value is -3.17. The lowest BCUT2D eigenvalue weighted by Crippen LogP contribution is -2.50. The van der Waals surface area contributed by atoms with E-state index in [-0.39, 0.29) is 6.09 Å². The Morgan fingerprint density at radius 3 is 2.72 bits per heavy atom. The first-order chi connectivity index (χ1) is 14.1. The van der Waals surface area contributed by atoms with Crippen LogP contribution < -0.4 is 20.5 Å². The number of aromatic nitrogens is 2. The van der Waals surface area contributed by atoms with Gasteiger partial charge in [-0.15, -0.1) is 0 Å². The van der Waals surface area contributed by atoms with Gasteiger partial charge in [0.05, 0.1) is 30.9 Å². The molecular weight excluding hydrogens is 376 g/mol. The van der Waals surface area contributed by atoms with Crippen LogP contribution in [0.1, 0.15) is 26.2 Å². The molecule has 3 aliphatic rings. The number of likely N-dealkylation sites (tertiary alicyclic amines) is 1. The van der Waals surface area contributed by atoms with Crippen LogP contribution in [-0.4, -0.2) is 59.4 Å². The van der Waals surface area contributed by atoms with Crippen molar-refractivity contribution in [3.63, 3.8) is 0 Å². The van der Waals surface area contributed by atoms with Crippen LogP contribution in [0.25, 0.3) is 11.0 Å². The minimum absolute atomic E-state index is 0.292. The van der Waals surface area contributed by atoms with Crippen LogP contribution in [0.4, 0.5) is 10.7 Å². The Balaban J connectivity index is 1.55. The average Bonchev–Trinajstić information content (AvgIpc) is 2.89. The van der Waals surface area contributed by atoms with E-state index < -0.39 is 5.66 Å². The van der Waals surface area contributed by atoms with Gasteiger partial charge in [-0.05, 0) is 6.92 Å². The van der Waals surface area contributed by atoms with E-state index in [9.17, 15) is 4.79 Å². The highest BCUT2D eigenvalue weighted by Gasteiger charge is 2.43. The van der Waals surface area contributed by atoms with E-state index in [0.29, 0.717) is 69.2 Å². The molecule has 10 nitrogen and oxygen atoms in total. The van der Waals surface area contributed by atoms with Crippen LogP contribution in [0.3, 0.4) is 0 Å². The lowest BCUT2D eigenvalue weighted by molar-refractivity contribution is 0.0746. The molecule has 3 aliphatic heterocycles. The van der Waals surface area contributed by atoms with E-state index in [2.05, 4.69) is 9.88 Å². The van der Waals surface area contributed by atoms with Crippen molar-refractivity contribution in [3.05, 3.63) is 12.1 Å². The Labute approximate surface area is 167 Å². The molecule has 3 N–H and O–H groups in total. The summed E-state index contributed by atoms with van der Waals surface area (Å²) in [5.41, 5.74) is 7.17. The van der Waals surface area contributed by atoms with Gasteiger partial charge in [-0.2, -0.15) is 0 Å². The van der Waals surface area contributed by atoms with Gasteiger partial charge in [0.1, 0.15) is 5.66 Å². The van der Waals surface area contributed by atoms with Gasteiger partial charge in [-0.1, -0.05) is 0 Å². The number of guanidine groups is 1. The molecule has 1 aromatic heterocycles. The summed E-state index contributed by atoms with van der Waals surface area (Å²) in [6.45, 7) is 4.45. The topological polar surface area (TPSA) is 116 Å². The summed E-state index contributed by atoms with van der Waals surface area (Å²) >= 11 is 0. The number of fused-ring (bicyclic) bond motifs is 5. The SMILES string of the molecule is CCOC(=O)N1CCC2(CC1)N=C(N)Nc1nc3cc4c(cc3n12)OCCCO4. The molecular formula is C19H24N6O4. The third kappa shape index (κ3) is 2.90. The number of hydrogen-bond acceptors (Lipinski definition) is 8. The summed E-state index contributed by atoms with van der Waals surface area (Å²) in [4.78, 5) is 23.3. The molecule has 1 saturated heterocycles. The number of imidazole rings is 1. The van der Waals surface area contributed by atoms with Gasteiger partial charge in [0.15, 0.2) is 17.5 Å². The molecule has 0 aliphatic carbocycles. The van der Waals surface area contributed by atoms with Gasteiger partial charge < -0.3 is 24.8 Å². The molecule has 154 valence electrons. The predicted octanol–water partition coefficient (Wildman–Crippen LogP) is 1.84. The van der Waals surface area contributed by atoms with Crippen molar-refractivity contribution in [3.8, 4) is 11.5 Å². The van der Waals surface area contributed by atoms with E-state index >= 15 is 0 Å². The lowest BCUT2D eigenvalue weighted by atomic mass is 9.96. The summed E-state index contributed by atoms with van der Waals surface area (Å²) in [6.07, 6.45) is 1.77. The number of aliphatic imine (C=N–C) groups is 1. The number of ether oxygens (including phenoxy) is 3. The van der Waals surface area contributed by atoms with Crippen molar-refractivity contribution >= 4 is 29.0 Å². The zero-order valence-corrected chi connectivity index (χ0v) is 16.3. The molecule has 0 atom stereocenters. The van der Waals surface area contributed by atoms with Crippen LogP contribution in [0.5, 0.6) is 11.5 Å². The summed E-state index contributed by atoms with van der Waals surface area (Å²) in [5, 5.41) is 3.07. The lowest BCUT2D eigenvalue weighted by Gasteiger charge is -2.42. The number of hydrogen-bond donors (Lipinski definition) is 2. The van der Waals surface area contributed by atoms with Crippen molar-refractivity contribution in [2.24, 2.45) is 10.7 Å². The molecule has 1 fully saturated rings. The van der Waals surface area contributed by atoms with Crippen molar-refractivity contribution in [2.45, 2.75) is 31.8 Å². The molecule has 1 aromatic carbocycles. The van der Waals surface area contributed by atoms with Crippen LogP contribution in [0, 0.1) is 0 Å². The van der Waals surface area contributed by atoms with E-state index in [1.165, 1.54) is 0 Å². The van der Waals surface area contributed by atoms with E-state index in [4.69, 9.17) is 29.9 Å². The van der Waals surface area contributed by atoms with Crippen molar-refractivity contribution < 1.29 is 19.0 Å². The molecule has 1 spiro atoms. The minimum atomic E-state index is -0.609. The summed E-state index contributed by atoms with van der Waals surface area (Å²) in [5.74, 6) is 2.37. The Kier molecular flexibility index (Phi) is 4.14. The number of benzene rings is 1. The Bertz CT molecular complexity index is 992. The molecule has 1 amide bonds. The number of carbonyl (C=O) groups excluding carboxylic acids is 1. The predicted molar refractivity (Wildman–Crippen MR) is 106 cm³/mol. The third-order valence-corrected chi connectivity index (χ3v) is 5.60. The van der Waals surface area contributed by atoms with E-state index in [0.717, 1.165) is 17.5 Å². The molecule has 0 bridgehead atoms. The summed E-state index contributed by atoms with van der Waals surface area (Å²) in [7, 11) is 0. The second-order valence-electron chi connectivity index (χ2n) is 7.40. The molecule has 5 rings (SSSR count). The third-order valence-electron chi connectivity index (χ3n) is 5.60. The van der Waals surface area contributed by atoms with Gasteiger partial charge >= 0.3 is 6.09 Å². The maximum atomic E-state index is 12.1. The molecule has 0 saturated carbocycles. The maximum absolute atomic E-state index is 12.1. The number of nitrogens with zero attached hydrogens (tertiary/aromatic N) is 4. The molecule has 10 heteroatoms. The first kappa shape index (κ1) is 17.9. The quantitative estimate of drug-likeness (QED) is 0.750. The second kappa shape index (κ2) is 6.71. The summed E-state index contributed by atoms with van der Waals surface area (Å²) in [6, 6.07) is 3.87. The van der Waals surface area contributed by atoms with Crippen molar-refractivity contribution in [2.75, 3.05) is 38.2 Å². The molecule has 0 unspecified atom stereocenters. The van der Waals surface area contributed by atoms with Crippen molar-refractivity contribution in [1.82, 2.24) is 14.5 Å². The fraction of sp³-hybridized carbons (Fsp3) is 0.526. The number of piperidine rings is 1. The van der Waals surface area contributed by atoms with Gasteiger partial charge in [0, 0.05) is 44.5 Å². The zero-order chi connectivity index (χ0) is 20.0. The summed E-state index contributed by atoms with van der Waals surface area (Å²) < 4.78 is 18.9. The maximum Gasteiger partial charge on any atom is 0.409 e. The number of carbonyl (C=O) groups is 1. The average molecular weight is 400 g/mol. The van der Waals surface area contributed by atoms with Gasteiger partial charge in [0.25, 0.3) is 0 Å². The highest BCUT2D eigenvalue weighted by atomic mass is 16.6.